The van der Waals surface area contributed by atoms with Gasteiger partial charge in [-0.05, 0) is 19.3 Å². The van der Waals surface area contributed by atoms with Gasteiger partial charge in [0.05, 0.1) is 12.0 Å². The number of nitrogens with zero attached hydrogens (tertiary/aromatic N) is 2. The van der Waals surface area contributed by atoms with Crippen molar-refractivity contribution in [2.75, 3.05) is 18.5 Å². The summed E-state index contributed by atoms with van der Waals surface area (Å²) in [5, 5.41) is 12.2. The van der Waals surface area contributed by atoms with Gasteiger partial charge in [0.25, 0.3) is 0 Å². The number of anilines is 1. The molecule has 2 N–H and O–H groups in total. The van der Waals surface area contributed by atoms with Crippen LogP contribution in [0.15, 0.2) is 12.3 Å². The zero-order valence-corrected chi connectivity index (χ0v) is 11.1. The molecule has 1 aromatic rings. The highest BCUT2D eigenvalue weighted by Gasteiger charge is 2.44. The second-order valence-electron chi connectivity index (χ2n) is 4.86. The summed E-state index contributed by atoms with van der Waals surface area (Å²) < 4.78 is 5.41. The van der Waals surface area contributed by atoms with E-state index in [9.17, 15) is 9.90 Å². The van der Waals surface area contributed by atoms with Crippen molar-refractivity contribution in [3.63, 3.8) is 0 Å². The van der Waals surface area contributed by atoms with Crippen LogP contribution >= 0.6 is 0 Å². The Hall–Kier alpha value is -1.85. The van der Waals surface area contributed by atoms with Gasteiger partial charge in [0.15, 0.2) is 0 Å². The first-order valence-electron chi connectivity index (χ1n) is 6.59. The minimum atomic E-state index is -0.746. The molecule has 0 bridgehead atoms. The van der Waals surface area contributed by atoms with Crippen molar-refractivity contribution < 1.29 is 14.6 Å². The van der Waals surface area contributed by atoms with Crippen LogP contribution < -0.4 is 10.1 Å². The van der Waals surface area contributed by atoms with Gasteiger partial charge in [0.2, 0.25) is 11.8 Å². The van der Waals surface area contributed by atoms with Crippen LogP contribution in [0.4, 0.5) is 5.95 Å². The van der Waals surface area contributed by atoms with Gasteiger partial charge >= 0.3 is 5.97 Å². The molecule has 6 heteroatoms. The number of rotatable bonds is 7. The van der Waals surface area contributed by atoms with Crippen LogP contribution in [-0.2, 0) is 4.79 Å². The highest BCUT2D eigenvalue weighted by atomic mass is 16.5. The Morgan fingerprint density at radius 2 is 2.37 bits per heavy atom. The molecule has 1 fully saturated rings. The third-order valence-electron chi connectivity index (χ3n) is 3.43. The average Bonchev–Trinajstić information content (AvgIpc) is 2.35. The quantitative estimate of drug-likeness (QED) is 0.783. The molecular formula is C13H19N3O3. The monoisotopic (exact) mass is 265 g/mol. The first kappa shape index (κ1) is 13.6. The maximum atomic E-state index is 11.2. The average molecular weight is 265 g/mol. The summed E-state index contributed by atoms with van der Waals surface area (Å²) in [7, 11) is 0. The number of carboxylic acids is 1. The minimum absolute atomic E-state index is 0.361. The number of ether oxygens (including phenoxy) is 1. The fourth-order valence-corrected chi connectivity index (χ4v) is 2.03. The molecule has 1 aromatic heterocycles. The summed E-state index contributed by atoms with van der Waals surface area (Å²) in [6, 6.07) is 1.69. The maximum absolute atomic E-state index is 11.2. The maximum Gasteiger partial charge on any atom is 0.311 e. The summed E-state index contributed by atoms with van der Waals surface area (Å²) in [5.74, 6) is 0.183. The van der Waals surface area contributed by atoms with Crippen molar-refractivity contribution in [1.29, 1.82) is 0 Å². The number of hydrogen-bond acceptors (Lipinski definition) is 5. The standard InChI is InChI=1S/C13H19N3O3/c1-2-8-19-10-4-7-14-12(16-10)15-9-13(11(17)18)5-3-6-13/h4,7H,2-3,5-6,8-9H2,1H3,(H,17,18)(H,14,15,16). The van der Waals surface area contributed by atoms with Crippen LogP contribution in [0.5, 0.6) is 5.88 Å². The molecule has 2 rings (SSSR count). The van der Waals surface area contributed by atoms with E-state index in [4.69, 9.17) is 4.74 Å². The molecule has 0 atom stereocenters. The van der Waals surface area contributed by atoms with Crippen LogP contribution in [0, 0.1) is 5.41 Å². The van der Waals surface area contributed by atoms with Crippen molar-refractivity contribution in [3.8, 4) is 5.88 Å². The molecule has 1 aliphatic carbocycles. The van der Waals surface area contributed by atoms with Gasteiger partial charge in [-0.2, -0.15) is 4.98 Å². The summed E-state index contributed by atoms with van der Waals surface area (Å²) in [6.45, 7) is 2.99. The summed E-state index contributed by atoms with van der Waals surface area (Å²) >= 11 is 0. The van der Waals surface area contributed by atoms with Crippen molar-refractivity contribution >= 4 is 11.9 Å². The van der Waals surface area contributed by atoms with E-state index in [1.807, 2.05) is 6.92 Å². The molecule has 0 aliphatic heterocycles. The first-order chi connectivity index (χ1) is 9.16. The lowest BCUT2D eigenvalue weighted by atomic mass is 9.69. The van der Waals surface area contributed by atoms with Gasteiger partial charge in [-0.25, -0.2) is 4.98 Å². The van der Waals surface area contributed by atoms with E-state index in [1.54, 1.807) is 12.3 Å². The van der Waals surface area contributed by atoms with Crippen LogP contribution in [0.3, 0.4) is 0 Å². The van der Waals surface area contributed by atoms with Gasteiger partial charge in [0.1, 0.15) is 0 Å². The highest BCUT2D eigenvalue weighted by Crippen LogP contribution is 2.41. The van der Waals surface area contributed by atoms with Gasteiger partial charge in [0, 0.05) is 18.8 Å². The predicted molar refractivity (Wildman–Crippen MR) is 70.2 cm³/mol. The van der Waals surface area contributed by atoms with Gasteiger partial charge in [-0.3, -0.25) is 4.79 Å². The number of hydrogen-bond donors (Lipinski definition) is 2. The largest absolute Gasteiger partial charge is 0.481 e. The summed E-state index contributed by atoms with van der Waals surface area (Å²) in [4.78, 5) is 19.5. The van der Waals surface area contributed by atoms with Crippen LogP contribution in [-0.4, -0.2) is 34.2 Å². The van der Waals surface area contributed by atoms with Crippen molar-refractivity contribution in [3.05, 3.63) is 12.3 Å². The van der Waals surface area contributed by atoms with Crippen molar-refractivity contribution in [1.82, 2.24) is 9.97 Å². The predicted octanol–water partition coefficient (Wildman–Crippen LogP) is 1.93. The molecule has 0 spiro atoms. The van der Waals surface area contributed by atoms with E-state index in [1.165, 1.54) is 0 Å². The molecule has 6 nitrogen and oxygen atoms in total. The lowest BCUT2D eigenvalue weighted by Crippen LogP contribution is -2.43. The Morgan fingerprint density at radius 3 is 2.95 bits per heavy atom. The fourth-order valence-electron chi connectivity index (χ4n) is 2.03. The Kier molecular flexibility index (Phi) is 4.19. The molecule has 0 aromatic carbocycles. The number of nitrogens with one attached hydrogen (secondary N) is 1. The lowest BCUT2D eigenvalue weighted by Gasteiger charge is -2.37. The zero-order valence-electron chi connectivity index (χ0n) is 11.1. The molecule has 104 valence electrons. The second-order valence-corrected chi connectivity index (χ2v) is 4.86. The van der Waals surface area contributed by atoms with Crippen molar-refractivity contribution in [2.45, 2.75) is 32.6 Å². The molecule has 19 heavy (non-hydrogen) atoms. The van der Waals surface area contributed by atoms with Crippen molar-refractivity contribution in [2.24, 2.45) is 5.41 Å². The Balaban J connectivity index is 1.93. The lowest BCUT2D eigenvalue weighted by molar-refractivity contribution is -0.153. The van der Waals surface area contributed by atoms with E-state index in [0.717, 1.165) is 12.8 Å². The number of carboxylic acid groups (broad SMARTS) is 1. The van der Waals surface area contributed by atoms with Crippen LogP contribution in [0.2, 0.25) is 0 Å². The Labute approximate surface area is 112 Å². The molecule has 1 aliphatic rings. The first-order valence-corrected chi connectivity index (χ1v) is 6.59. The Morgan fingerprint density at radius 1 is 1.58 bits per heavy atom. The molecule has 1 heterocycles. The van der Waals surface area contributed by atoms with E-state index >= 15 is 0 Å². The van der Waals surface area contributed by atoms with Gasteiger partial charge in [-0.1, -0.05) is 13.3 Å². The van der Waals surface area contributed by atoms with E-state index in [0.29, 0.717) is 37.8 Å². The number of carbonyl (C=O) groups is 1. The summed E-state index contributed by atoms with van der Waals surface area (Å²) in [5.41, 5.74) is -0.649. The SMILES string of the molecule is CCCOc1ccnc(NCC2(C(=O)O)CCC2)n1. The highest BCUT2D eigenvalue weighted by molar-refractivity contribution is 5.76. The summed E-state index contributed by atoms with van der Waals surface area (Å²) in [6.07, 6.45) is 4.90. The number of aliphatic carboxylic acids is 1. The van der Waals surface area contributed by atoms with E-state index < -0.39 is 11.4 Å². The molecule has 0 radical (unpaired) electrons. The van der Waals surface area contributed by atoms with Gasteiger partial charge in [-0.15, -0.1) is 0 Å². The van der Waals surface area contributed by atoms with E-state index in [-0.39, 0.29) is 0 Å². The number of aromatic nitrogens is 2. The van der Waals surface area contributed by atoms with E-state index in [2.05, 4.69) is 15.3 Å². The second kappa shape index (κ2) is 5.86. The van der Waals surface area contributed by atoms with Crippen LogP contribution in [0.25, 0.3) is 0 Å². The molecular weight excluding hydrogens is 246 g/mol. The fraction of sp³-hybridized carbons (Fsp3) is 0.615. The molecule has 0 saturated heterocycles. The minimum Gasteiger partial charge on any atom is -0.481 e. The van der Waals surface area contributed by atoms with Crippen LogP contribution in [0.1, 0.15) is 32.6 Å². The zero-order chi connectivity index (χ0) is 13.7. The molecule has 1 saturated carbocycles. The third kappa shape index (κ3) is 3.13. The molecule has 0 amide bonds. The third-order valence-corrected chi connectivity index (χ3v) is 3.43. The van der Waals surface area contributed by atoms with Gasteiger partial charge < -0.3 is 15.2 Å². The Bertz CT molecular complexity index is 447. The topological polar surface area (TPSA) is 84.3 Å². The smallest absolute Gasteiger partial charge is 0.311 e. The normalized spacial score (nSPS) is 16.5. The molecule has 0 unspecified atom stereocenters.